The summed E-state index contributed by atoms with van der Waals surface area (Å²) in [6.45, 7) is 2.28. The fraction of sp³-hybridized carbons (Fsp3) is 0.111. The van der Waals surface area contributed by atoms with Gasteiger partial charge in [0, 0.05) is 17.3 Å². The number of anilines is 2. The molecule has 140 valence electrons. The minimum Gasteiger partial charge on any atom is -0.360 e. The molecule has 0 unspecified atom stereocenters. The van der Waals surface area contributed by atoms with Gasteiger partial charge in [-0.15, -0.1) is 17.0 Å². The van der Waals surface area contributed by atoms with Crippen molar-refractivity contribution in [1.82, 2.24) is 5.16 Å². The zero-order chi connectivity index (χ0) is 18.3. The molecule has 27 heavy (non-hydrogen) atoms. The first-order valence-corrected chi connectivity index (χ1v) is 9.43. The van der Waals surface area contributed by atoms with Gasteiger partial charge in [0.05, 0.1) is 11.4 Å². The van der Waals surface area contributed by atoms with Crippen LogP contribution in [0, 0.1) is 12.3 Å². The Hall–Kier alpha value is -2.65. The van der Waals surface area contributed by atoms with Crippen molar-refractivity contribution in [2.75, 3.05) is 9.62 Å². The summed E-state index contributed by atoms with van der Waals surface area (Å²) in [7, 11) is -3.75. The minimum absolute atomic E-state index is 0. The average Bonchev–Trinajstić information content (AvgIpc) is 3.18. The number of fused-ring (bicyclic) bond motifs is 1. The van der Waals surface area contributed by atoms with Gasteiger partial charge in [-0.25, -0.2) is 8.42 Å². The molecule has 0 saturated heterocycles. The Kier molecular flexibility index (Phi) is 5.07. The quantitative estimate of drug-likeness (QED) is 0.633. The van der Waals surface area contributed by atoms with E-state index in [1.54, 1.807) is 19.1 Å². The summed E-state index contributed by atoms with van der Waals surface area (Å²) in [6, 6.07) is 15.7. The molecule has 2 N–H and O–H groups in total. The highest BCUT2D eigenvalue weighted by molar-refractivity contribution is 8.93. The number of nitrogens with zero attached hydrogens (tertiary/aromatic N) is 2. The lowest BCUT2D eigenvalue weighted by Gasteiger charge is -2.18. The molecule has 0 aliphatic carbocycles. The molecule has 7 nitrogen and oxygen atoms in total. The zero-order valence-corrected chi connectivity index (χ0v) is 16.9. The van der Waals surface area contributed by atoms with Crippen LogP contribution >= 0.6 is 17.0 Å². The average molecular weight is 449 g/mol. The third kappa shape index (κ3) is 3.60. The second kappa shape index (κ2) is 7.16. The predicted molar refractivity (Wildman–Crippen MR) is 108 cm³/mol. The van der Waals surface area contributed by atoms with Crippen molar-refractivity contribution in [3.8, 4) is 0 Å². The van der Waals surface area contributed by atoms with Gasteiger partial charge in [0.25, 0.3) is 10.0 Å². The summed E-state index contributed by atoms with van der Waals surface area (Å²) < 4.78 is 32.1. The molecule has 3 aromatic rings. The van der Waals surface area contributed by atoms with Crippen molar-refractivity contribution >= 4 is 44.3 Å². The summed E-state index contributed by atoms with van der Waals surface area (Å²) in [4.78, 5) is 1.96. The number of amidine groups is 1. The van der Waals surface area contributed by atoms with Crippen LogP contribution in [0.4, 0.5) is 11.5 Å². The van der Waals surface area contributed by atoms with Crippen LogP contribution in [0.5, 0.6) is 0 Å². The van der Waals surface area contributed by atoms with Gasteiger partial charge in [0.1, 0.15) is 11.6 Å². The number of hydrogen-bond donors (Lipinski definition) is 2. The molecule has 0 bridgehead atoms. The van der Waals surface area contributed by atoms with E-state index in [4.69, 9.17) is 9.93 Å². The van der Waals surface area contributed by atoms with Crippen molar-refractivity contribution < 1.29 is 12.9 Å². The van der Waals surface area contributed by atoms with Crippen LogP contribution in [0.15, 0.2) is 64.0 Å². The van der Waals surface area contributed by atoms with E-state index >= 15 is 0 Å². The van der Waals surface area contributed by atoms with Crippen molar-refractivity contribution in [2.45, 2.75) is 18.4 Å². The molecular formula is C18H17BrN4O3S. The molecule has 9 heteroatoms. The number of aryl methyl sites for hydroxylation is 1. The van der Waals surface area contributed by atoms with E-state index in [0.29, 0.717) is 18.1 Å². The molecule has 0 fully saturated rings. The van der Waals surface area contributed by atoms with Crippen LogP contribution in [0.1, 0.15) is 16.9 Å². The highest BCUT2D eigenvalue weighted by Crippen LogP contribution is 2.29. The van der Waals surface area contributed by atoms with E-state index < -0.39 is 10.0 Å². The topological polar surface area (TPSA) is 99.3 Å². The SMILES string of the molecule is Br.Cc1cc(NS(=O)(=O)c2ccc(N3Cc4ccccc4C3=N)cc2)no1. The molecule has 0 atom stereocenters. The lowest BCUT2D eigenvalue weighted by Crippen LogP contribution is -2.23. The van der Waals surface area contributed by atoms with Gasteiger partial charge >= 0.3 is 0 Å². The third-order valence-electron chi connectivity index (χ3n) is 4.20. The minimum atomic E-state index is -3.75. The maximum absolute atomic E-state index is 12.4. The second-order valence-electron chi connectivity index (χ2n) is 6.01. The molecule has 0 spiro atoms. The number of nitrogens with one attached hydrogen (secondary N) is 2. The first-order valence-electron chi connectivity index (χ1n) is 7.94. The van der Waals surface area contributed by atoms with Crippen LogP contribution in [0.25, 0.3) is 0 Å². The largest absolute Gasteiger partial charge is 0.360 e. The summed E-state index contributed by atoms with van der Waals surface area (Å²) >= 11 is 0. The first-order chi connectivity index (χ1) is 12.4. The highest BCUT2D eigenvalue weighted by atomic mass is 79.9. The monoisotopic (exact) mass is 448 g/mol. The predicted octanol–water partition coefficient (Wildman–Crippen LogP) is 3.71. The molecule has 0 amide bonds. The fourth-order valence-electron chi connectivity index (χ4n) is 2.92. The Bertz CT molecular complexity index is 1090. The number of halogens is 1. The Labute approximate surface area is 167 Å². The molecule has 0 radical (unpaired) electrons. The Balaban J connectivity index is 0.00000210. The van der Waals surface area contributed by atoms with Gasteiger partial charge in [-0.05, 0) is 36.8 Å². The van der Waals surface area contributed by atoms with Crippen LogP contribution in [-0.4, -0.2) is 19.4 Å². The van der Waals surface area contributed by atoms with Crippen molar-refractivity contribution in [3.63, 3.8) is 0 Å². The number of hydrogen-bond acceptors (Lipinski definition) is 5. The Morgan fingerprint density at radius 1 is 1.15 bits per heavy atom. The summed E-state index contributed by atoms with van der Waals surface area (Å²) in [5.74, 6) is 1.07. The molecular weight excluding hydrogens is 432 g/mol. The fourth-order valence-corrected chi connectivity index (χ4v) is 3.90. The first kappa shape index (κ1) is 19.1. The maximum atomic E-state index is 12.4. The number of rotatable bonds is 4. The molecule has 4 rings (SSSR count). The Morgan fingerprint density at radius 2 is 1.85 bits per heavy atom. The van der Waals surface area contributed by atoms with Crippen LogP contribution in [-0.2, 0) is 16.6 Å². The summed E-state index contributed by atoms with van der Waals surface area (Å²) in [5.41, 5.74) is 2.74. The lowest BCUT2D eigenvalue weighted by molar-refractivity contribution is 0.400. The number of sulfonamides is 1. The van der Waals surface area contributed by atoms with Gasteiger partial charge in [0.2, 0.25) is 0 Å². The molecule has 2 aromatic carbocycles. The normalized spacial score (nSPS) is 13.2. The molecule has 0 saturated carbocycles. The van der Waals surface area contributed by atoms with E-state index in [9.17, 15) is 8.42 Å². The van der Waals surface area contributed by atoms with Gasteiger partial charge in [0.15, 0.2) is 5.82 Å². The summed E-state index contributed by atoms with van der Waals surface area (Å²) in [5, 5.41) is 12.0. The van der Waals surface area contributed by atoms with Crippen LogP contribution in [0.2, 0.25) is 0 Å². The smallest absolute Gasteiger partial charge is 0.263 e. The number of aromatic nitrogens is 1. The van der Waals surface area contributed by atoms with Crippen LogP contribution in [0.3, 0.4) is 0 Å². The van der Waals surface area contributed by atoms with E-state index in [-0.39, 0.29) is 27.7 Å². The molecule has 1 aliphatic heterocycles. The molecule has 2 heterocycles. The van der Waals surface area contributed by atoms with E-state index in [1.165, 1.54) is 18.2 Å². The van der Waals surface area contributed by atoms with E-state index in [0.717, 1.165) is 16.8 Å². The van der Waals surface area contributed by atoms with Gasteiger partial charge in [-0.1, -0.05) is 29.4 Å². The lowest BCUT2D eigenvalue weighted by atomic mass is 10.1. The standard InChI is InChI=1S/C18H16N4O3S.BrH/c1-12-10-17(20-25-12)21-26(23,24)15-8-6-14(7-9-15)22-11-13-4-2-3-5-16(13)18(22)19;/h2-10,19H,11H2,1H3,(H,20,21);1H. The van der Waals surface area contributed by atoms with Crippen molar-refractivity contribution in [2.24, 2.45) is 0 Å². The Morgan fingerprint density at radius 3 is 2.48 bits per heavy atom. The summed E-state index contributed by atoms with van der Waals surface area (Å²) in [6.07, 6.45) is 0. The maximum Gasteiger partial charge on any atom is 0.263 e. The molecule has 1 aliphatic rings. The van der Waals surface area contributed by atoms with Crippen molar-refractivity contribution in [3.05, 3.63) is 71.5 Å². The van der Waals surface area contributed by atoms with Crippen LogP contribution < -0.4 is 9.62 Å². The number of benzene rings is 2. The van der Waals surface area contributed by atoms with Crippen molar-refractivity contribution in [1.29, 1.82) is 5.41 Å². The molecule has 1 aromatic heterocycles. The highest BCUT2D eigenvalue weighted by Gasteiger charge is 2.25. The third-order valence-corrected chi connectivity index (χ3v) is 5.57. The van der Waals surface area contributed by atoms with E-state index in [2.05, 4.69) is 9.88 Å². The van der Waals surface area contributed by atoms with Gasteiger partial charge in [-0.3, -0.25) is 10.1 Å². The van der Waals surface area contributed by atoms with Gasteiger partial charge in [-0.2, -0.15) is 0 Å². The van der Waals surface area contributed by atoms with E-state index in [1.807, 2.05) is 29.2 Å². The zero-order valence-electron chi connectivity index (χ0n) is 14.3. The second-order valence-corrected chi connectivity index (χ2v) is 7.70. The van der Waals surface area contributed by atoms with Gasteiger partial charge < -0.3 is 9.42 Å².